The van der Waals surface area contributed by atoms with Gasteiger partial charge in [0.15, 0.2) is 6.23 Å². The van der Waals surface area contributed by atoms with E-state index in [9.17, 15) is 4.79 Å². The maximum absolute atomic E-state index is 12.3. The summed E-state index contributed by atoms with van der Waals surface area (Å²) in [5, 5.41) is 0.700. The van der Waals surface area contributed by atoms with E-state index in [0.29, 0.717) is 18.2 Å². The number of rotatable bonds is 5. The van der Waals surface area contributed by atoms with Crippen molar-refractivity contribution in [1.29, 1.82) is 0 Å². The van der Waals surface area contributed by atoms with Gasteiger partial charge in [0.1, 0.15) is 12.4 Å². The molecule has 0 spiro atoms. The Morgan fingerprint density at radius 3 is 2.83 bits per heavy atom. The molecule has 0 aliphatic carbocycles. The average molecular weight is 346 g/mol. The third-order valence-corrected chi connectivity index (χ3v) is 4.45. The molecule has 1 amide bonds. The number of halogens is 1. The molecule has 0 aromatic heterocycles. The number of benzene rings is 2. The first-order chi connectivity index (χ1) is 11.6. The number of nitrogens with zero attached hydrogens (tertiary/aromatic N) is 1. The molecule has 1 unspecified atom stereocenters. The molecule has 0 bridgehead atoms. The average Bonchev–Trinajstić information content (AvgIpc) is 2.93. The highest BCUT2D eigenvalue weighted by Crippen LogP contribution is 2.35. The van der Waals surface area contributed by atoms with E-state index in [2.05, 4.69) is 0 Å². The summed E-state index contributed by atoms with van der Waals surface area (Å²) in [5.41, 5.74) is 2.86. The Morgan fingerprint density at radius 2 is 2.08 bits per heavy atom. The second kappa shape index (κ2) is 7.24. The predicted molar refractivity (Wildman–Crippen MR) is 93.0 cm³/mol. The summed E-state index contributed by atoms with van der Waals surface area (Å²) in [6.45, 7) is 4.97. The Morgan fingerprint density at radius 1 is 1.29 bits per heavy atom. The fraction of sp³-hybridized carbons (Fsp3) is 0.316. The zero-order chi connectivity index (χ0) is 17.1. The summed E-state index contributed by atoms with van der Waals surface area (Å²) in [6.07, 6.45) is -0.444. The van der Waals surface area contributed by atoms with E-state index in [1.807, 2.05) is 56.3 Å². The number of aryl methyl sites for hydroxylation is 1. The molecule has 5 heteroatoms. The first-order valence-electron chi connectivity index (χ1n) is 7.98. The second-order valence-electron chi connectivity index (χ2n) is 5.74. The molecule has 126 valence electrons. The van der Waals surface area contributed by atoms with Gasteiger partial charge in [0.2, 0.25) is 0 Å². The van der Waals surface area contributed by atoms with Gasteiger partial charge >= 0.3 is 0 Å². The molecule has 24 heavy (non-hydrogen) atoms. The maximum atomic E-state index is 12.3. The van der Waals surface area contributed by atoms with Crippen LogP contribution in [0.25, 0.3) is 0 Å². The van der Waals surface area contributed by atoms with Crippen LogP contribution in [0.1, 0.15) is 29.8 Å². The van der Waals surface area contributed by atoms with Crippen molar-refractivity contribution in [2.24, 2.45) is 0 Å². The van der Waals surface area contributed by atoms with Gasteiger partial charge in [-0.1, -0.05) is 41.9 Å². The lowest BCUT2D eigenvalue weighted by Crippen LogP contribution is -2.28. The second-order valence-corrected chi connectivity index (χ2v) is 6.15. The molecular formula is C19H20ClNO3. The van der Waals surface area contributed by atoms with E-state index >= 15 is 0 Å². The molecule has 3 rings (SSSR count). The Hall–Kier alpha value is -2.04. The van der Waals surface area contributed by atoms with E-state index in [1.54, 1.807) is 4.90 Å². The number of amides is 1. The highest BCUT2D eigenvalue weighted by Gasteiger charge is 2.34. The number of hydrogen-bond acceptors (Lipinski definition) is 3. The molecule has 1 heterocycles. The Bertz CT molecular complexity index is 747. The van der Waals surface area contributed by atoms with Gasteiger partial charge in [0.25, 0.3) is 5.91 Å². The first kappa shape index (κ1) is 16.8. The SMILES string of the molecule is CCOc1ccccc1C1OCC(=O)N1Cc1ccc(C)c(Cl)c1. The van der Waals surface area contributed by atoms with Crippen LogP contribution in [-0.4, -0.2) is 24.0 Å². The standard InChI is InChI=1S/C19H20ClNO3/c1-3-23-17-7-5-4-6-15(17)19-21(18(22)12-24-19)11-14-9-8-13(2)16(20)10-14/h4-10,19H,3,11-12H2,1-2H3. The van der Waals surface area contributed by atoms with Crippen LogP contribution in [-0.2, 0) is 16.1 Å². The molecular weight excluding hydrogens is 326 g/mol. The Labute approximate surface area is 146 Å². The minimum Gasteiger partial charge on any atom is -0.493 e. The summed E-state index contributed by atoms with van der Waals surface area (Å²) in [6, 6.07) is 13.5. The minimum absolute atomic E-state index is 0.0389. The molecule has 1 aliphatic rings. The van der Waals surface area contributed by atoms with Crippen LogP contribution < -0.4 is 4.74 Å². The quantitative estimate of drug-likeness (QED) is 0.818. The highest BCUT2D eigenvalue weighted by atomic mass is 35.5. The van der Waals surface area contributed by atoms with E-state index in [4.69, 9.17) is 21.1 Å². The van der Waals surface area contributed by atoms with Crippen molar-refractivity contribution in [3.8, 4) is 5.75 Å². The van der Waals surface area contributed by atoms with Crippen LogP contribution in [0.3, 0.4) is 0 Å². The fourth-order valence-electron chi connectivity index (χ4n) is 2.79. The maximum Gasteiger partial charge on any atom is 0.251 e. The van der Waals surface area contributed by atoms with Gasteiger partial charge in [-0.15, -0.1) is 0 Å². The molecule has 1 fully saturated rings. The Kier molecular flexibility index (Phi) is 5.07. The van der Waals surface area contributed by atoms with Gasteiger partial charge < -0.3 is 14.4 Å². The lowest BCUT2D eigenvalue weighted by molar-refractivity contribution is -0.128. The van der Waals surface area contributed by atoms with E-state index in [0.717, 1.165) is 22.4 Å². The van der Waals surface area contributed by atoms with Gasteiger partial charge in [0.05, 0.1) is 6.61 Å². The fourth-order valence-corrected chi connectivity index (χ4v) is 2.99. The van der Waals surface area contributed by atoms with Crippen molar-refractivity contribution in [2.75, 3.05) is 13.2 Å². The van der Waals surface area contributed by atoms with Crippen LogP contribution >= 0.6 is 11.6 Å². The van der Waals surface area contributed by atoms with Gasteiger partial charge in [-0.2, -0.15) is 0 Å². The predicted octanol–water partition coefficient (Wildman–Crippen LogP) is 4.10. The van der Waals surface area contributed by atoms with Crippen LogP contribution in [0.2, 0.25) is 5.02 Å². The topological polar surface area (TPSA) is 38.8 Å². The zero-order valence-corrected chi connectivity index (χ0v) is 14.5. The highest BCUT2D eigenvalue weighted by molar-refractivity contribution is 6.31. The monoisotopic (exact) mass is 345 g/mol. The van der Waals surface area contributed by atoms with Crippen molar-refractivity contribution in [1.82, 2.24) is 4.90 Å². The number of hydrogen-bond donors (Lipinski definition) is 0. The van der Waals surface area contributed by atoms with Gasteiger partial charge in [-0.05, 0) is 37.1 Å². The van der Waals surface area contributed by atoms with Crippen LogP contribution in [0.15, 0.2) is 42.5 Å². The first-order valence-corrected chi connectivity index (χ1v) is 8.35. The molecule has 0 N–H and O–H groups in total. The minimum atomic E-state index is -0.444. The number of para-hydroxylation sites is 1. The van der Waals surface area contributed by atoms with Crippen molar-refractivity contribution >= 4 is 17.5 Å². The largest absolute Gasteiger partial charge is 0.493 e. The van der Waals surface area contributed by atoms with E-state index < -0.39 is 6.23 Å². The van der Waals surface area contributed by atoms with Crippen LogP contribution in [0.4, 0.5) is 0 Å². The van der Waals surface area contributed by atoms with Gasteiger partial charge in [-0.3, -0.25) is 4.79 Å². The molecule has 0 radical (unpaired) electrons. The van der Waals surface area contributed by atoms with Crippen LogP contribution in [0.5, 0.6) is 5.75 Å². The molecule has 2 aromatic rings. The normalized spacial score (nSPS) is 17.4. The summed E-state index contributed by atoms with van der Waals surface area (Å²) < 4.78 is 11.4. The van der Waals surface area contributed by atoms with E-state index in [1.165, 1.54) is 0 Å². The zero-order valence-electron chi connectivity index (χ0n) is 13.8. The van der Waals surface area contributed by atoms with Crippen molar-refractivity contribution in [2.45, 2.75) is 26.6 Å². The summed E-state index contributed by atoms with van der Waals surface area (Å²) in [4.78, 5) is 14.0. The molecule has 1 saturated heterocycles. The summed E-state index contributed by atoms with van der Waals surface area (Å²) >= 11 is 6.20. The molecule has 2 aromatic carbocycles. The summed E-state index contributed by atoms with van der Waals surface area (Å²) in [5.74, 6) is 0.703. The van der Waals surface area contributed by atoms with Crippen LogP contribution in [0, 0.1) is 6.92 Å². The molecule has 1 atom stereocenters. The number of carbonyl (C=O) groups excluding carboxylic acids is 1. The lowest BCUT2D eigenvalue weighted by Gasteiger charge is -2.25. The lowest BCUT2D eigenvalue weighted by atomic mass is 10.1. The molecule has 4 nitrogen and oxygen atoms in total. The molecule has 0 saturated carbocycles. The third kappa shape index (κ3) is 3.40. The van der Waals surface area contributed by atoms with Crippen molar-refractivity contribution in [3.05, 3.63) is 64.2 Å². The molecule has 1 aliphatic heterocycles. The number of carbonyl (C=O) groups is 1. The van der Waals surface area contributed by atoms with E-state index in [-0.39, 0.29) is 12.5 Å². The van der Waals surface area contributed by atoms with Crippen molar-refractivity contribution in [3.63, 3.8) is 0 Å². The third-order valence-electron chi connectivity index (χ3n) is 4.04. The smallest absolute Gasteiger partial charge is 0.251 e. The van der Waals surface area contributed by atoms with Gasteiger partial charge in [0, 0.05) is 17.1 Å². The summed E-state index contributed by atoms with van der Waals surface area (Å²) in [7, 11) is 0. The van der Waals surface area contributed by atoms with Gasteiger partial charge in [-0.25, -0.2) is 0 Å². The van der Waals surface area contributed by atoms with Crippen molar-refractivity contribution < 1.29 is 14.3 Å². The Balaban J connectivity index is 1.88. The number of ether oxygens (including phenoxy) is 2.